The molecule has 2 atom stereocenters. The number of nitrogens with zero attached hydrogens (tertiary/aromatic N) is 2. The number of likely N-dealkylation sites (tertiary alicyclic amines) is 1. The van der Waals surface area contributed by atoms with Crippen LogP contribution in [0.1, 0.15) is 25.7 Å². The maximum atomic E-state index is 12.4. The number of carboxylic acids is 1. The van der Waals surface area contributed by atoms with E-state index in [1.807, 2.05) is 0 Å². The molecule has 0 aromatic rings. The van der Waals surface area contributed by atoms with E-state index in [2.05, 4.69) is 5.32 Å². The van der Waals surface area contributed by atoms with Crippen LogP contribution in [-0.2, 0) is 14.4 Å². The lowest BCUT2D eigenvalue weighted by Gasteiger charge is -2.28. The fourth-order valence-corrected chi connectivity index (χ4v) is 3.84. The lowest BCUT2D eigenvalue weighted by atomic mass is 9.81. The first-order chi connectivity index (χ1) is 10.4. The van der Waals surface area contributed by atoms with Crippen molar-refractivity contribution in [2.45, 2.75) is 25.7 Å². The number of fused-ring (bicyclic) bond motifs is 1. The van der Waals surface area contributed by atoms with Gasteiger partial charge >= 0.3 is 12.0 Å². The lowest BCUT2D eigenvalue weighted by Crippen LogP contribution is -2.52. The second-order valence-electron chi connectivity index (χ2n) is 6.35. The van der Waals surface area contributed by atoms with E-state index in [0.717, 1.165) is 12.8 Å². The van der Waals surface area contributed by atoms with Crippen LogP contribution in [0.25, 0.3) is 0 Å². The number of urea groups is 1. The SMILES string of the molecule is O=C1CCN(CC(=O)N2C[C@@H]3CCC[C@@]3(C(=O)O)C2)C(=O)N1. The average molecular weight is 309 g/mol. The van der Waals surface area contributed by atoms with Crippen molar-refractivity contribution in [2.75, 3.05) is 26.2 Å². The third kappa shape index (κ3) is 2.32. The van der Waals surface area contributed by atoms with Crippen LogP contribution in [-0.4, -0.2) is 64.9 Å². The van der Waals surface area contributed by atoms with Gasteiger partial charge in [0.25, 0.3) is 0 Å². The van der Waals surface area contributed by atoms with Crippen LogP contribution < -0.4 is 5.32 Å². The number of imide groups is 1. The van der Waals surface area contributed by atoms with Gasteiger partial charge in [-0.05, 0) is 18.8 Å². The molecular weight excluding hydrogens is 290 g/mol. The topological polar surface area (TPSA) is 107 Å². The van der Waals surface area contributed by atoms with Gasteiger partial charge in [0, 0.05) is 26.1 Å². The van der Waals surface area contributed by atoms with E-state index in [1.165, 1.54) is 4.90 Å². The molecule has 8 nitrogen and oxygen atoms in total. The number of carbonyl (C=O) groups is 4. The normalized spacial score (nSPS) is 31.2. The van der Waals surface area contributed by atoms with Crippen molar-refractivity contribution in [1.29, 1.82) is 0 Å². The summed E-state index contributed by atoms with van der Waals surface area (Å²) in [5.41, 5.74) is -0.810. The number of hydrogen-bond acceptors (Lipinski definition) is 4. The zero-order valence-electron chi connectivity index (χ0n) is 12.2. The van der Waals surface area contributed by atoms with E-state index in [-0.39, 0.29) is 43.8 Å². The first-order valence-electron chi connectivity index (χ1n) is 7.52. The van der Waals surface area contributed by atoms with Gasteiger partial charge in [0.1, 0.15) is 6.54 Å². The quantitative estimate of drug-likeness (QED) is 0.740. The molecule has 2 N–H and O–H groups in total. The second kappa shape index (κ2) is 5.26. The summed E-state index contributed by atoms with van der Waals surface area (Å²) >= 11 is 0. The summed E-state index contributed by atoms with van der Waals surface area (Å²) in [6, 6.07) is -0.558. The van der Waals surface area contributed by atoms with Crippen molar-refractivity contribution in [3.8, 4) is 0 Å². The summed E-state index contributed by atoms with van der Waals surface area (Å²) in [6.45, 7) is 0.777. The van der Waals surface area contributed by atoms with Crippen molar-refractivity contribution in [2.24, 2.45) is 11.3 Å². The van der Waals surface area contributed by atoms with Gasteiger partial charge in [-0.25, -0.2) is 4.79 Å². The molecule has 3 rings (SSSR count). The molecule has 4 amide bonds. The molecule has 120 valence electrons. The maximum absolute atomic E-state index is 12.4. The Morgan fingerprint density at radius 3 is 2.77 bits per heavy atom. The van der Waals surface area contributed by atoms with Crippen LogP contribution in [0.5, 0.6) is 0 Å². The maximum Gasteiger partial charge on any atom is 0.324 e. The Hall–Kier alpha value is -2.12. The predicted octanol–water partition coefficient (Wildman–Crippen LogP) is -0.358. The van der Waals surface area contributed by atoms with Crippen molar-refractivity contribution >= 4 is 23.8 Å². The molecule has 1 aliphatic carbocycles. The second-order valence-corrected chi connectivity index (χ2v) is 6.35. The van der Waals surface area contributed by atoms with E-state index in [9.17, 15) is 24.3 Å². The monoisotopic (exact) mass is 309 g/mol. The van der Waals surface area contributed by atoms with Crippen molar-refractivity contribution in [3.63, 3.8) is 0 Å². The molecule has 0 aromatic heterocycles. The van der Waals surface area contributed by atoms with Crippen LogP contribution in [0.4, 0.5) is 4.79 Å². The van der Waals surface area contributed by atoms with Crippen molar-refractivity contribution in [1.82, 2.24) is 15.1 Å². The molecule has 22 heavy (non-hydrogen) atoms. The van der Waals surface area contributed by atoms with E-state index < -0.39 is 17.4 Å². The zero-order valence-corrected chi connectivity index (χ0v) is 12.2. The third-order valence-corrected chi connectivity index (χ3v) is 5.12. The minimum Gasteiger partial charge on any atom is -0.481 e. The number of nitrogens with one attached hydrogen (secondary N) is 1. The Bertz CT molecular complexity index is 549. The molecule has 0 bridgehead atoms. The van der Waals surface area contributed by atoms with Crippen LogP contribution in [0.2, 0.25) is 0 Å². The van der Waals surface area contributed by atoms with Crippen LogP contribution in [0.3, 0.4) is 0 Å². The molecule has 3 aliphatic rings. The molecule has 0 spiro atoms. The van der Waals surface area contributed by atoms with E-state index in [0.29, 0.717) is 13.0 Å². The van der Waals surface area contributed by atoms with E-state index in [1.54, 1.807) is 4.90 Å². The fraction of sp³-hybridized carbons (Fsp3) is 0.714. The lowest BCUT2D eigenvalue weighted by molar-refractivity contribution is -0.149. The van der Waals surface area contributed by atoms with Gasteiger partial charge in [-0.2, -0.15) is 0 Å². The Morgan fingerprint density at radius 2 is 2.14 bits per heavy atom. The Balaban J connectivity index is 1.64. The van der Waals surface area contributed by atoms with Gasteiger partial charge < -0.3 is 14.9 Å². The molecule has 0 aromatic carbocycles. The van der Waals surface area contributed by atoms with Crippen LogP contribution >= 0.6 is 0 Å². The van der Waals surface area contributed by atoms with Gasteiger partial charge in [-0.1, -0.05) is 6.42 Å². The van der Waals surface area contributed by atoms with Crippen molar-refractivity contribution in [3.05, 3.63) is 0 Å². The van der Waals surface area contributed by atoms with Gasteiger partial charge in [0.2, 0.25) is 11.8 Å². The highest BCUT2D eigenvalue weighted by Gasteiger charge is 2.55. The van der Waals surface area contributed by atoms with Crippen LogP contribution in [0, 0.1) is 11.3 Å². The molecule has 2 heterocycles. The molecule has 8 heteroatoms. The highest BCUT2D eigenvalue weighted by atomic mass is 16.4. The predicted molar refractivity (Wildman–Crippen MR) is 73.7 cm³/mol. The molecule has 0 radical (unpaired) electrons. The Kier molecular flexibility index (Phi) is 3.54. The largest absolute Gasteiger partial charge is 0.481 e. The average Bonchev–Trinajstić information content (AvgIpc) is 2.99. The molecular formula is C14H19N3O5. The van der Waals surface area contributed by atoms with Gasteiger partial charge in [0.15, 0.2) is 0 Å². The number of amides is 4. The molecule has 0 unspecified atom stereocenters. The zero-order chi connectivity index (χ0) is 15.9. The summed E-state index contributed by atoms with van der Waals surface area (Å²) in [7, 11) is 0. The van der Waals surface area contributed by atoms with Gasteiger partial charge in [0.05, 0.1) is 5.41 Å². The minimum absolute atomic E-state index is 0.00529. The molecule has 2 saturated heterocycles. The third-order valence-electron chi connectivity index (χ3n) is 5.12. The van der Waals surface area contributed by atoms with E-state index in [4.69, 9.17) is 0 Å². The number of carboxylic acid groups (broad SMARTS) is 1. The standard InChI is InChI=1S/C14H19N3O5/c18-10-3-5-16(13(22)15-10)7-11(19)17-6-9-2-1-4-14(9,8-17)12(20)21/h9H,1-8H2,(H,20,21)(H,15,18,22)/t9-,14+/m0/s1. The first-order valence-corrected chi connectivity index (χ1v) is 7.52. The number of rotatable bonds is 3. The minimum atomic E-state index is -0.827. The summed E-state index contributed by atoms with van der Waals surface area (Å²) in [4.78, 5) is 49.6. The Labute approximate surface area is 127 Å². The summed E-state index contributed by atoms with van der Waals surface area (Å²) in [5, 5.41) is 11.7. The molecule has 3 fully saturated rings. The number of aliphatic carboxylic acids is 1. The molecule has 2 aliphatic heterocycles. The summed E-state index contributed by atoms with van der Waals surface area (Å²) in [5.74, 6) is -1.41. The summed E-state index contributed by atoms with van der Waals surface area (Å²) < 4.78 is 0. The van der Waals surface area contributed by atoms with Crippen molar-refractivity contribution < 1.29 is 24.3 Å². The van der Waals surface area contributed by atoms with Gasteiger partial charge in [-0.15, -0.1) is 0 Å². The van der Waals surface area contributed by atoms with E-state index >= 15 is 0 Å². The highest BCUT2D eigenvalue weighted by molar-refractivity contribution is 5.98. The highest BCUT2D eigenvalue weighted by Crippen LogP contribution is 2.48. The number of hydrogen-bond donors (Lipinski definition) is 2. The smallest absolute Gasteiger partial charge is 0.324 e. The molecule has 1 saturated carbocycles. The fourth-order valence-electron chi connectivity index (χ4n) is 3.84. The van der Waals surface area contributed by atoms with Gasteiger partial charge in [-0.3, -0.25) is 19.7 Å². The van der Waals surface area contributed by atoms with Crippen LogP contribution in [0.15, 0.2) is 0 Å². The first kappa shape index (κ1) is 14.8. The Morgan fingerprint density at radius 1 is 1.36 bits per heavy atom. The number of carbonyl (C=O) groups excluding carboxylic acids is 3. The summed E-state index contributed by atoms with van der Waals surface area (Å²) in [6.07, 6.45) is 2.50.